The monoisotopic (exact) mass is 304 g/mol. The van der Waals surface area contributed by atoms with Gasteiger partial charge >= 0.3 is 0 Å². The molecule has 87 valence electrons. The molecule has 0 atom stereocenters. The van der Waals surface area contributed by atoms with Crippen LogP contribution in [-0.4, -0.2) is 11.8 Å². The molecule has 2 heterocycles. The van der Waals surface area contributed by atoms with E-state index in [1.807, 2.05) is 38.5 Å². The molecular formula is C13H13NO2Y-2. The minimum atomic E-state index is 0. The van der Waals surface area contributed by atoms with E-state index in [0.29, 0.717) is 6.79 Å². The van der Waals surface area contributed by atoms with Gasteiger partial charge in [-0.25, -0.2) is 0 Å². The Labute approximate surface area is 126 Å². The number of ether oxygens (including phenoxy) is 2. The van der Waals surface area contributed by atoms with Crippen LogP contribution < -0.4 is 9.47 Å². The van der Waals surface area contributed by atoms with Crippen molar-refractivity contribution in [3.8, 4) is 11.5 Å². The molecule has 17 heavy (non-hydrogen) atoms. The van der Waals surface area contributed by atoms with Crippen molar-refractivity contribution in [2.24, 2.45) is 0 Å². The van der Waals surface area contributed by atoms with Crippen LogP contribution in [0.1, 0.15) is 13.8 Å². The molecule has 3 nitrogen and oxygen atoms in total. The first-order valence-electron chi connectivity index (χ1n) is 5.15. The molecule has 1 aromatic carbocycles. The normalized spacial score (nSPS) is 11.4. The van der Waals surface area contributed by atoms with Crippen molar-refractivity contribution in [1.29, 1.82) is 0 Å². The fraction of sp³-hybridized carbons (Fsp3) is 0.231. The molecule has 1 aliphatic rings. The van der Waals surface area contributed by atoms with Gasteiger partial charge in [-0.15, -0.1) is 16.8 Å². The Morgan fingerprint density at radius 2 is 1.88 bits per heavy atom. The summed E-state index contributed by atoms with van der Waals surface area (Å²) >= 11 is 0. The minimum absolute atomic E-state index is 0. The molecule has 0 unspecified atom stereocenters. The number of nitrogens with zero attached hydrogens (tertiary/aromatic N) is 1. The second-order valence-corrected chi connectivity index (χ2v) is 3.43. The van der Waals surface area contributed by atoms with Crippen molar-refractivity contribution >= 4 is 10.8 Å². The van der Waals surface area contributed by atoms with Crippen molar-refractivity contribution in [1.82, 2.24) is 4.98 Å². The van der Waals surface area contributed by atoms with E-state index in [0.717, 1.165) is 22.3 Å². The van der Waals surface area contributed by atoms with Gasteiger partial charge in [-0.05, 0) is 6.20 Å². The van der Waals surface area contributed by atoms with Gasteiger partial charge in [-0.3, -0.25) is 0 Å². The van der Waals surface area contributed by atoms with Crippen LogP contribution in [0.4, 0.5) is 0 Å². The van der Waals surface area contributed by atoms with Gasteiger partial charge in [0.1, 0.15) is 11.5 Å². The van der Waals surface area contributed by atoms with Gasteiger partial charge in [0.25, 0.3) is 0 Å². The molecule has 1 radical (unpaired) electrons. The standard InChI is InChI=1S/C10H6NO2.C3H7.Y/c1-2-11-5-8-4-10-9(3-7(1)8)12-6-13-10;1-3-2;/h1-4H,6H2;3H,1-2H3;/q2*-1;. The Bertz CT molecular complexity index is 445. The van der Waals surface area contributed by atoms with Gasteiger partial charge < -0.3 is 20.9 Å². The summed E-state index contributed by atoms with van der Waals surface area (Å²) in [6.45, 7) is 4.30. The van der Waals surface area contributed by atoms with Crippen LogP contribution in [0.15, 0.2) is 24.4 Å². The van der Waals surface area contributed by atoms with E-state index in [-0.39, 0.29) is 32.7 Å². The summed E-state index contributed by atoms with van der Waals surface area (Å²) in [6.07, 6.45) is 6.61. The average Bonchev–Trinajstić information content (AvgIpc) is 2.74. The Hall–Kier alpha value is -0.666. The molecule has 0 bridgehead atoms. The molecule has 0 saturated carbocycles. The number of hydrogen-bond acceptors (Lipinski definition) is 3. The maximum atomic E-state index is 5.25. The van der Waals surface area contributed by atoms with Crippen LogP contribution in [0.25, 0.3) is 10.8 Å². The van der Waals surface area contributed by atoms with E-state index in [4.69, 9.17) is 9.47 Å². The molecule has 2 aromatic rings. The second kappa shape index (κ2) is 6.92. The largest absolute Gasteiger partial charge is 0.463 e. The SMILES string of the molecule is C[CH-]C.[Y].[c-]1nccc2cc3c(cc12)OCO3. The topological polar surface area (TPSA) is 31.4 Å². The quantitative estimate of drug-likeness (QED) is 0.701. The first-order valence-corrected chi connectivity index (χ1v) is 5.15. The summed E-state index contributed by atoms with van der Waals surface area (Å²) in [5.41, 5.74) is 0. The molecule has 0 fully saturated rings. The zero-order valence-electron chi connectivity index (χ0n) is 9.93. The maximum absolute atomic E-state index is 5.25. The summed E-state index contributed by atoms with van der Waals surface area (Å²) in [6, 6.07) is 5.76. The van der Waals surface area contributed by atoms with Crippen molar-refractivity contribution in [2.75, 3.05) is 6.79 Å². The van der Waals surface area contributed by atoms with Crippen LogP contribution in [-0.2, 0) is 32.7 Å². The van der Waals surface area contributed by atoms with E-state index in [9.17, 15) is 0 Å². The molecule has 4 heteroatoms. The fourth-order valence-electron chi connectivity index (χ4n) is 1.42. The molecule has 1 aromatic heterocycles. The first kappa shape index (κ1) is 14.4. The number of hydrogen-bond donors (Lipinski definition) is 0. The predicted molar refractivity (Wildman–Crippen MR) is 62.4 cm³/mol. The third-order valence-corrected chi connectivity index (χ3v) is 2.06. The van der Waals surface area contributed by atoms with E-state index in [2.05, 4.69) is 11.2 Å². The van der Waals surface area contributed by atoms with Crippen molar-refractivity contribution in [3.63, 3.8) is 0 Å². The third-order valence-electron chi connectivity index (χ3n) is 2.06. The number of aromatic nitrogens is 1. The zero-order chi connectivity index (χ0) is 11.4. The predicted octanol–water partition coefficient (Wildman–Crippen LogP) is 2.99. The van der Waals surface area contributed by atoms with E-state index in [1.54, 1.807) is 6.20 Å². The molecule has 0 saturated heterocycles. The van der Waals surface area contributed by atoms with Crippen LogP contribution in [0.2, 0.25) is 0 Å². The van der Waals surface area contributed by atoms with Crippen molar-refractivity contribution < 1.29 is 42.2 Å². The summed E-state index contributed by atoms with van der Waals surface area (Å²) in [4.78, 5) is 3.92. The van der Waals surface area contributed by atoms with E-state index >= 15 is 0 Å². The Kier molecular flexibility index (Phi) is 5.86. The Balaban J connectivity index is 0.000000331. The Morgan fingerprint density at radius 1 is 1.24 bits per heavy atom. The van der Waals surface area contributed by atoms with Crippen molar-refractivity contribution in [3.05, 3.63) is 37.0 Å². The summed E-state index contributed by atoms with van der Waals surface area (Å²) in [5, 5.41) is 2.02. The molecule has 0 spiro atoms. The first-order chi connectivity index (χ1) is 7.85. The smallest absolute Gasteiger partial charge is 0.229 e. The molecule has 1 aliphatic heterocycles. The maximum Gasteiger partial charge on any atom is 0.229 e. The summed E-state index contributed by atoms with van der Waals surface area (Å²) < 4.78 is 10.5. The van der Waals surface area contributed by atoms with E-state index in [1.165, 1.54) is 0 Å². The van der Waals surface area contributed by atoms with Crippen LogP contribution in [0, 0.1) is 12.6 Å². The third kappa shape index (κ3) is 3.40. The molecule has 0 amide bonds. The number of pyridine rings is 1. The van der Waals surface area contributed by atoms with Crippen molar-refractivity contribution in [2.45, 2.75) is 13.8 Å². The molecule has 0 N–H and O–H groups in total. The summed E-state index contributed by atoms with van der Waals surface area (Å²) in [7, 11) is 0. The van der Waals surface area contributed by atoms with Gasteiger partial charge in [-0.2, -0.15) is 13.8 Å². The number of rotatable bonds is 0. The fourth-order valence-corrected chi connectivity index (χ4v) is 1.42. The van der Waals surface area contributed by atoms with Gasteiger partial charge in [0.05, 0.1) is 0 Å². The van der Waals surface area contributed by atoms with Crippen LogP contribution in [0.3, 0.4) is 0 Å². The van der Waals surface area contributed by atoms with Gasteiger partial charge in [-0.1, -0.05) is 18.3 Å². The molecule has 3 rings (SSSR count). The van der Waals surface area contributed by atoms with Gasteiger partial charge in [0.2, 0.25) is 6.79 Å². The Morgan fingerprint density at radius 3 is 2.59 bits per heavy atom. The second-order valence-electron chi connectivity index (χ2n) is 3.43. The van der Waals surface area contributed by atoms with Gasteiger partial charge in [0.15, 0.2) is 0 Å². The van der Waals surface area contributed by atoms with E-state index < -0.39 is 0 Å². The zero-order valence-corrected chi connectivity index (χ0v) is 12.8. The number of benzene rings is 1. The summed E-state index contributed by atoms with van der Waals surface area (Å²) in [5.74, 6) is 1.57. The number of fused-ring (bicyclic) bond motifs is 2. The van der Waals surface area contributed by atoms with Crippen LogP contribution >= 0.6 is 0 Å². The molecule has 0 aliphatic carbocycles. The average molecular weight is 304 g/mol. The minimum Gasteiger partial charge on any atom is -0.463 e. The van der Waals surface area contributed by atoms with Gasteiger partial charge in [0, 0.05) is 32.7 Å². The molecular weight excluding hydrogens is 291 g/mol. The van der Waals surface area contributed by atoms with Crippen LogP contribution in [0.5, 0.6) is 11.5 Å².